The Balaban J connectivity index is 1.99. The molecule has 0 aliphatic heterocycles. The molecule has 0 saturated carbocycles. The minimum Gasteiger partial charge on any atom is -0.398 e. The molecule has 118 valence electrons. The normalized spacial score (nSPS) is 14.8. The number of nitrogen functional groups attached to an aromatic ring is 1. The van der Waals surface area contributed by atoms with E-state index in [1.54, 1.807) is 6.07 Å². The van der Waals surface area contributed by atoms with Crippen molar-refractivity contribution >= 4 is 17.3 Å². The largest absolute Gasteiger partial charge is 0.398 e. The van der Waals surface area contributed by atoms with Crippen molar-refractivity contribution in [3.8, 4) is 0 Å². The minimum atomic E-state index is -0.203. The Labute approximate surface area is 140 Å². The van der Waals surface area contributed by atoms with E-state index in [0.29, 0.717) is 0 Å². The van der Waals surface area contributed by atoms with Gasteiger partial charge in [-0.15, -0.1) is 0 Å². The van der Waals surface area contributed by atoms with Gasteiger partial charge in [0.05, 0.1) is 0 Å². The molecule has 0 radical (unpaired) electrons. The molecule has 0 bridgehead atoms. The first-order valence-corrected chi connectivity index (χ1v) is 8.01. The maximum absolute atomic E-state index is 13.7. The van der Waals surface area contributed by atoms with Crippen molar-refractivity contribution in [3.05, 3.63) is 94.6 Å². The van der Waals surface area contributed by atoms with E-state index >= 15 is 0 Å². The van der Waals surface area contributed by atoms with Gasteiger partial charge in [-0.1, -0.05) is 30.3 Å². The number of halogens is 1. The maximum Gasteiger partial charge on any atom is 0.123 e. The third kappa shape index (κ3) is 2.58. The van der Waals surface area contributed by atoms with Crippen LogP contribution in [0.1, 0.15) is 27.9 Å². The molecule has 2 N–H and O–H groups in total. The first-order valence-electron chi connectivity index (χ1n) is 8.01. The number of hydrogen-bond donors (Lipinski definition) is 1. The topological polar surface area (TPSA) is 38.9 Å². The molecule has 3 heteroatoms. The van der Waals surface area contributed by atoms with E-state index < -0.39 is 0 Å². The summed E-state index contributed by atoms with van der Waals surface area (Å²) in [6.07, 6.45) is 5.47. The number of aromatic nitrogens is 1. The molecule has 1 heterocycles. The number of rotatable bonds is 1. The summed E-state index contributed by atoms with van der Waals surface area (Å²) in [5, 5.41) is 0. The van der Waals surface area contributed by atoms with Crippen LogP contribution in [0.2, 0.25) is 0 Å². The van der Waals surface area contributed by atoms with Crippen LogP contribution >= 0.6 is 0 Å². The van der Waals surface area contributed by atoms with Crippen LogP contribution in [0.5, 0.6) is 0 Å². The highest BCUT2D eigenvalue weighted by Crippen LogP contribution is 2.35. The Kier molecular flexibility index (Phi) is 3.62. The van der Waals surface area contributed by atoms with Crippen LogP contribution < -0.4 is 5.73 Å². The Bertz CT molecular complexity index is 944. The highest BCUT2D eigenvalue weighted by atomic mass is 19.1. The van der Waals surface area contributed by atoms with Crippen LogP contribution in [0.25, 0.3) is 11.6 Å². The highest BCUT2D eigenvalue weighted by Gasteiger charge is 2.19. The quantitative estimate of drug-likeness (QED) is 0.672. The van der Waals surface area contributed by atoms with Gasteiger partial charge in [0.1, 0.15) is 5.82 Å². The molecule has 1 aromatic heterocycles. The molecule has 24 heavy (non-hydrogen) atoms. The van der Waals surface area contributed by atoms with E-state index in [1.807, 2.05) is 42.6 Å². The molecule has 0 unspecified atom stereocenters. The first-order chi connectivity index (χ1) is 11.7. The second-order valence-corrected chi connectivity index (χ2v) is 5.99. The number of pyridine rings is 1. The number of nitrogens with zero attached hydrogens (tertiary/aromatic N) is 1. The number of hydrogen-bond acceptors (Lipinski definition) is 2. The molecular weight excluding hydrogens is 299 g/mol. The molecule has 0 saturated heterocycles. The molecule has 0 fully saturated rings. The lowest BCUT2D eigenvalue weighted by molar-refractivity contribution is 0.625. The molecule has 4 rings (SSSR count). The summed E-state index contributed by atoms with van der Waals surface area (Å²) in [6.45, 7) is 0. The fourth-order valence-corrected chi connectivity index (χ4v) is 3.27. The van der Waals surface area contributed by atoms with Crippen molar-refractivity contribution in [2.24, 2.45) is 0 Å². The molecule has 1 aliphatic rings. The van der Waals surface area contributed by atoms with Gasteiger partial charge in [0.2, 0.25) is 0 Å². The number of fused-ring (bicyclic) bond motifs is 2. The van der Waals surface area contributed by atoms with E-state index in [0.717, 1.165) is 52.0 Å². The second kappa shape index (κ2) is 5.93. The molecule has 0 amide bonds. The third-order valence-corrected chi connectivity index (χ3v) is 4.46. The lowest BCUT2D eigenvalue weighted by Crippen LogP contribution is -1.96. The number of aryl methyl sites for hydroxylation is 2. The minimum absolute atomic E-state index is 0.203. The monoisotopic (exact) mass is 316 g/mol. The molecular formula is C21H17FN2. The smallest absolute Gasteiger partial charge is 0.123 e. The molecule has 2 nitrogen and oxygen atoms in total. The van der Waals surface area contributed by atoms with Crippen molar-refractivity contribution < 1.29 is 4.39 Å². The fraction of sp³-hybridized carbons (Fsp3) is 0.0952. The Morgan fingerprint density at radius 1 is 0.958 bits per heavy atom. The van der Waals surface area contributed by atoms with E-state index in [1.165, 1.54) is 6.07 Å². The number of para-hydroxylation sites is 1. The highest BCUT2D eigenvalue weighted by molar-refractivity contribution is 5.95. The Morgan fingerprint density at radius 3 is 2.71 bits per heavy atom. The summed E-state index contributed by atoms with van der Waals surface area (Å²) in [7, 11) is 0. The lowest BCUT2D eigenvalue weighted by atomic mass is 9.93. The summed E-state index contributed by atoms with van der Waals surface area (Å²) in [5.74, 6) is -0.203. The fourth-order valence-electron chi connectivity index (χ4n) is 3.27. The average molecular weight is 316 g/mol. The zero-order chi connectivity index (χ0) is 16.5. The summed E-state index contributed by atoms with van der Waals surface area (Å²) in [5.41, 5.74) is 13.0. The number of benzene rings is 2. The van der Waals surface area contributed by atoms with Crippen LogP contribution in [-0.4, -0.2) is 4.98 Å². The van der Waals surface area contributed by atoms with Gasteiger partial charge in [0.15, 0.2) is 0 Å². The van der Waals surface area contributed by atoms with Crippen molar-refractivity contribution in [1.29, 1.82) is 0 Å². The van der Waals surface area contributed by atoms with Crippen molar-refractivity contribution in [2.75, 3.05) is 5.73 Å². The summed E-state index contributed by atoms with van der Waals surface area (Å²) < 4.78 is 13.7. The number of anilines is 1. The number of nitrogens with two attached hydrogens (primary N) is 1. The summed E-state index contributed by atoms with van der Waals surface area (Å²) >= 11 is 0. The van der Waals surface area contributed by atoms with Gasteiger partial charge in [-0.05, 0) is 65.4 Å². The molecule has 2 aromatic carbocycles. The predicted octanol–water partition coefficient (Wildman–Crippen LogP) is 4.49. The van der Waals surface area contributed by atoms with Crippen LogP contribution in [0.3, 0.4) is 0 Å². The summed E-state index contributed by atoms with van der Waals surface area (Å²) in [6, 6.07) is 16.8. The van der Waals surface area contributed by atoms with Crippen LogP contribution in [0, 0.1) is 5.82 Å². The zero-order valence-electron chi connectivity index (χ0n) is 13.2. The maximum atomic E-state index is 13.7. The average Bonchev–Trinajstić information content (AvgIpc) is 2.74. The SMILES string of the molecule is Nc1ccccc1/C=C1\c2ccc(F)cc2CCc2ncccc21. The zero-order valence-corrected chi connectivity index (χ0v) is 13.2. The molecule has 0 atom stereocenters. The molecule has 0 spiro atoms. The predicted molar refractivity (Wildman–Crippen MR) is 95.9 cm³/mol. The van der Waals surface area contributed by atoms with Crippen LogP contribution in [-0.2, 0) is 12.8 Å². The Hall–Kier alpha value is -2.94. The molecule has 3 aromatic rings. The summed E-state index contributed by atoms with van der Waals surface area (Å²) in [4.78, 5) is 4.53. The van der Waals surface area contributed by atoms with E-state index in [4.69, 9.17) is 5.73 Å². The standard InChI is InChI=1S/C21H17FN2/c22-16-8-9-17-14(12-16)7-10-21-18(5-3-11-24-21)19(17)13-15-4-1-2-6-20(15)23/h1-6,8-9,11-13H,7,10,23H2/b19-13+. The van der Waals surface area contributed by atoms with Crippen LogP contribution in [0.15, 0.2) is 60.8 Å². The van der Waals surface area contributed by atoms with Crippen molar-refractivity contribution in [3.63, 3.8) is 0 Å². The van der Waals surface area contributed by atoms with Gasteiger partial charge < -0.3 is 5.73 Å². The molecule has 1 aliphatic carbocycles. The van der Waals surface area contributed by atoms with E-state index in [9.17, 15) is 4.39 Å². The first kappa shape index (κ1) is 14.6. The van der Waals surface area contributed by atoms with Gasteiger partial charge >= 0.3 is 0 Å². The van der Waals surface area contributed by atoms with Gasteiger partial charge in [-0.2, -0.15) is 0 Å². The lowest BCUT2D eigenvalue weighted by Gasteiger charge is -2.12. The van der Waals surface area contributed by atoms with E-state index in [2.05, 4.69) is 17.1 Å². The van der Waals surface area contributed by atoms with Gasteiger partial charge in [-0.3, -0.25) is 4.98 Å². The van der Waals surface area contributed by atoms with E-state index in [-0.39, 0.29) is 5.82 Å². The van der Waals surface area contributed by atoms with Gasteiger partial charge in [0, 0.05) is 23.1 Å². The Morgan fingerprint density at radius 2 is 1.83 bits per heavy atom. The van der Waals surface area contributed by atoms with Gasteiger partial charge in [-0.25, -0.2) is 4.39 Å². The second-order valence-electron chi connectivity index (χ2n) is 5.99. The van der Waals surface area contributed by atoms with Crippen molar-refractivity contribution in [2.45, 2.75) is 12.8 Å². The van der Waals surface area contributed by atoms with Crippen molar-refractivity contribution in [1.82, 2.24) is 4.98 Å². The van der Waals surface area contributed by atoms with Gasteiger partial charge in [0.25, 0.3) is 0 Å². The third-order valence-electron chi connectivity index (χ3n) is 4.46. The van der Waals surface area contributed by atoms with Crippen LogP contribution in [0.4, 0.5) is 10.1 Å².